The second-order valence-corrected chi connectivity index (χ2v) is 5.31. The van der Waals surface area contributed by atoms with Crippen LogP contribution in [0.5, 0.6) is 0 Å². The van der Waals surface area contributed by atoms with Crippen molar-refractivity contribution in [3.05, 3.63) is 54.1 Å². The summed E-state index contributed by atoms with van der Waals surface area (Å²) in [6.45, 7) is 2.00. The first-order valence-electron chi connectivity index (χ1n) is 7.08. The minimum atomic E-state index is 0.553. The first kappa shape index (κ1) is 12.6. The summed E-state index contributed by atoms with van der Waals surface area (Å²) in [5.41, 5.74) is 8.56. The van der Waals surface area contributed by atoms with Crippen molar-refractivity contribution in [1.29, 1.82) is 0 Å². The number of aromatic nitrogens is 3. The first-order chi connectivity index (χ1) is 10.7. The molecule has 0 saturated carbocycles. The van der Waals surface area contributed by atoms with Crippen molar-refractivity contribution in [2.45, 2.75) is 6.92 Å². The molecule has 2 heterocycles. The van der Waals surface area contributed by atoms with E-state index >= 15 is 0 Å². The predicted octanol–water partition coefficient (Wildman–Crippen LogP) is 3.75. The predicted molar refractivity (Wildman–Crippen MR) is 90.3 cm³/mol. The maximum absolute atomic E-state index is 5.88. The van der Waals surface area contributed by atoms with Gasteiger partial charge in [0, 0.05) is 11.1 Å². The highest BCUT2D eigenvalue weighted by molar-refractivity contribution is 5.96. The Kier molecular flexibility index (Phi) is 2.72. The van der Waals surface area contributed by atoms with Gasteiger partial charge in [-0.25, -0.2) is 4.98 Å². The second kappa shape index (κ2) is 4.73. The molecule has 4 rings (SSSR count). The fraction of sp³-hybridized carbons (Fsp3) is 0.0588. The lowest BCUT2D eigenvalue weighted by Gasteiger charge is -2.10. The molecule has 4 aromatic rings. The van der Waals surface area contributed by atoms with Crippen LogP contribution in [-0.2, 0) is 0 Å². The van der Waals surface area contributed by atoms with Gasteiger partial charge in [0.25, 0.3) is 0 Å². The van der Waals surface area contributed by atoms with E-state index in [-0.39, 0.29) is 0 Å². The Hall–Kier alpha value is -3.08. The van der Waals surface area contributed by atoms with Crippen molar-refractivity contribution in [3.8, 4) is 0 Å². The first-order valence-corrected chi connectivity index (χ1v) is 7.08. The molecule has 0 unspecified atom stereocenters. The summed E-state index contributed by atoms with van der Waals surface area (Å²) in [7, 11) is 0. The van der Waals surface area contributed by atoms with E-state index in [1.165, 1.54) is 5.39 Å². The number of nitrogens with two attached hydrogens (primary N) is 1. The van der Waals surface area contributed by atoms with Crippen LogP contribution in [0.2, 0.25) is 0 Å². The molecular weight excluding hydrogens is 274 g/mol. The average molecular weight is 289 g/mol. The van der Waals surface area contributed by atoms with E-state index in [2.05, 4.69) is 38.7 Å². The van der Waals surface area contributed by atoms with Crippen LogP contribution < -0.4 is 11.1 Å². The Labute approximate surface area is 127 Å². The summed E-state index contributed by atoms with van der Waals surface area (Å²) >= 11 is 0. The Morgan fingerprint density at radius 2 is 1.91 bits per heavy atom. The van der Waals surface area contributed by atoms with Gasteiger partial charge in [-0.2, -0.15) is 5.10 Å². The van der Waals surface area contributed by atoms with Crippen LogP contribution in [0, 0.1) is 6.92 Å². The maximum Gasteiger partial charge on any atom is 0.185 e. The van der Waals surface area contributed by atoms with Crippen molar-refractivity contribution < 1.29 is 0 Å². The fourth-order valence-corrected chi connectivity index (χ4v) is 2.78. The van der Waals surface area contributed by atoms with Gasteiger partial charge in [-0.05, 0) is 30.0 Å². The van der Waals surface area contributed by atoms with E-state index in [9.17, 15) is 0 Å². The number of fused-ring (bicyclic) bond motifs is 2. The summed E-state index contributed by atoms with van der Waals surface area (Å²) in [6.07, 6.45) is 0. The molecule has 0 saturated heterocycles. The summed E-state index contributed by atoms with van der Waals surface area (Å²) in [5.74, 6) is 1.31. The molecule has 0 aliphatic rings. The van der Waals surface area contributed by atoms with Crippen molar-refractivity contribution in [2.24, 2.45) is 0 Å². The van der Waals surface area contributed by atoms with Crippen LogP contribution in [0.4, 0.5) is 17.3 Å². The number of pyridine rings is 1. The standard InChI is InChI=1S/C17H15N5/c1-10-9-14(20-17-15(10)16(18)21-22-17)19-13-8-4-6-11-5-2-3-7-12(11)13/h2-9H,1H3,(H4,18,19,20,21,22). The smallest absolute Gasteiger partial charge is 0.185 e. The van der Waals surface area contributed by atoms with E-state index in [1.54, 1.807) is 0 Å². The van der Waals surface area contributed by atoms with Crippen LogP contribution in [0.1, 0.15) is 5.56 Å². The van der Waals surface area contributed by atoms with Crippen LogP contribution >= 0.6 is 0 Å². The lowest BCUT2D eigenvalue weighted by molar-refractivity contribution is 1.10. The molecule has 0 spiro atoms. The molecule has 5 heteroatoms. The third kappa shape index (κ3) is 1.95. The van der Waals surface area contributed by atoms with E-state index in [1.807, 2.05) is 37.3 Å². The molecule has 0 atom stereocenters. The van der Waals surface area contributed by atoms with Gasteiger partial charge in [-0.15, -0.1) is 0 Å². The van der Waals surface area contributed by atoms with E-state index in [0.717, 1.165) is 27.8 Å². The van der Waals surface area contributed by atoms with Crippen LogP contribution in [0.3, 0.4) is 0 Å². The highest BCUT2D eigenvalue weighted by Crippen LogP contribution is 2.28. The van der Waals surface area contributed by atoms with Gasteiger partial charge in [0.2, 0.25) is 0 Å². The van der Waals surface area contributed by atoms with E-state index in [0.29, 0.717) is 11.5 Å². The number of rotatable bonds is 2. The van der Waals surface area contributed by atoms with E-state index in [4.69, 9.17) is 5.73 Å². The summed E-state index contributed by atoms with van der Waals surface area (Å²) < 4.78 is 0. The van der Waals surface area contributed by atoms with Crippen molar-refractivity contribution in [3.63, 3.8) is 0 Å². The zero-order chi connectivity index (χ0) is 15.1. The zero-order valence-electron chi connectivity index (χ0n) is 12.1. The summed E-state index contributed by atoms with van der Waals surface area (Å²) in [4.78, 5) is 4.53. The van der Waals surface area contributed by atoms with Gasteiger partial charge < -0.3 is 11.1 Å². The molecular formula is C17H15N5. The molecule has 0 bridgehead atoms. The zero-order valence-corrected chi connectivity index (χ0v) is 12.1. The molecule has 0 radical (unpaired) electrons. The molecule has 108 valence electrons. The summed E-state index contributed by atoms with van der Waals surface area (Å²) in [5, 5.41) is 13.5. The van der Waals surface area contributed by atoms with Crippen molar-refractivity contribution in [1.82, 2.24) is 15.2 Å². The Morgan fingerprint density at radius 3 is 2.82 bits per heavy atom. The monoisotopic (exact) mass is 289 g/mol. The Bertz CT molecular complexity index is 982. The normalized spacial score (nSPS) is 11.1. The highest BCUT2D eigenvalue weighted by atomic mass is 15.2. The lowest BCUT2D eigenvalue weighted by Crippen LogP contribution is -1.96. The van der Waals surface area contributed by atoms with Gasteiger partial charge in [-0.1, -0.05) is 36.4 Å². The molecule has 0 aliphatic heterocycles. The molecule has 0 fully saturated rings. The largest absolute Gasteiger partial charge is 0.384 e. The topological polar surface area (TPSA) is 79.6 Å². The van der Waals surface area contributed by atoms with E-state index < -0.39 is 0 Å². The molecule has 4 N–H and O–H groups in total. The number of nitrogen functional groups attached to an aromatic ring is 1. The minimum absolute atomic E-state index is 0.553. The van der Waals surface area contributed by atoms with Gasteiger partial charge in [0.1, 0.15) is 11.6 Å². The molecule has 2 aromatic heterocycles. The summed E-state index contributed by atoms with van der Waals surface area (Å²) in [6, 6.07) is 16.4. The number of H-pyrrole nitrogens is 1. The number of aryl methyl sites for hydroxylation is 1. The van der Waals surface area contributed by atoms with Crippen LogP contribution in [0.25, 0.3) is 21.8 Å². The minimum Gasteiger partial charge on any atom is -0.384 e. The molecule has 0 aliphatic carbocycles. The Morgan fingerprint density at radius 1 is 1.09 bits per heavy atom. The molecule has 22 heavy (non-hydrogen) atoms. The number of aromatic amines is 1. The number of hydrogen-bond acceptors (Lipinski definition) is 4. The molecule has 2 aromatic carbocycles. The highest BCUT2D eigenvalue weighted by Gasteiger charge is 2.09. The van der Waals surface area contributed by atoms with Gasteiger partial charge in [0.05, 0.1) is 5.39 Å². The molecule has 0 amide bonds. The van der Waals surface area contributed by atoms with Crippen LogP contribution in [-0.4, -0.2) is 15.2 Å². The number of hydrogen-bond donors (Lipinski definition) is 3. The number of nitrogens with one attached hydrogen (secondary N) is 2. The quantitative estimate of drug-likeness (QED) is 0.525. The average Bonchev–Trinajstić information content (AvgIpc) is 2.89. The second-order valence-electron chi connectivity index (χ2n) is 5.31. The Balaban J connectivity index is 1.82. The van der Waals surface area contributed by atoms with Gasteiger partial charge in [-0.3, -0.25) is 5.10 Å². The third-order valence-corrected chi connectivity index (χ3v) is 3.80. The third-order valence-electron chi connectivity index (χ3n) is 3.80. The number of anilines is 3. The maximum atomic E-state index is 5.88. The SMILES string of the molecule is Cc1cc(Nc2cccc3ccccc23)nc2n[nH]c(N)c12. The van der Waals surface area contributed by atoms with Crippen molar-refractivity contribution in [2.75, 3.05) is 11.1 Å². The number of nitrogens with zero attached hydrogens (tertiary/aromatic N) is 2. The van der Waals surface area contributed by atoms with Gasteiger partial charge in [0.15, 0.2) is 5.65 Å². The number of benzene rings is 2. The fourth-order valence-electron chi connectivity index (χ4n) is 2.78. The van der Waals surface area contributed by atoms with Gasteiger partial charge >= 0.3 is 0 Å². The lowest BCUT2D eigenvalue weighted by atomic mass is 10.1. The molecule has 5 nitrogen and oxygen atoms in total. The van der Waals surface area contributed by atoms with Crippen molar-refractivity contribution >= 4 is 39.1 Å². The van der Waals surface area contributed by atoms with Crippen LogP contribution in [0.15, 0.2) is 48.5 Å².